The van der Waals surface area contributed by atoms with Crippen LogP contribution in [0, 0.1) is 12.7 Å². The first-order chi connectivity index (χ1) is 13.6. The van der Waals surface area contributed by atoms with Gasteiger partial charge in [0, 0.05) is 31.0 Å². The molecule has 3 heterocycles. The summed E-state index contributed by atoms with van der Waals surface area (Å²) < 4.78 is 18.2. The van der Waals surface area contributed by atoms with Gasteiger partial charge >= 0.3 is 6.03 Å². The summed E-state index contributed by atoms with van der Waals surface area (Å²) in [6, 6.07) is 8.97. The van der Waals surface area contributed by atoms with Crippen molar-refractivity contribution in [3.8, 4) is 11.5 Å². The van der Waals surface area contributed by atoms with Gasteiger partial charge in [0.15, 0.2) is 5.82 Å². The van der Waals surface area contributed by atoms with Gasteiger partial charge in [0.05, 0.1) is 5.56 Å². The van der Waals surface area contributed by atoms with E-state index in [1.807, 2.05) is 12.1 Å². The van der Waals surface area contributed by atoms with Crippen LogP contribution in [0.2, 0.25) is 0 Å². The molecule has 2 N–H and O–H groups in total. The number of rotatable bonds is 4. The Morgan fingerprint density at radius 1 is 1.29 bits per heavy atom. The van der Waals surface area contributed by atoms with E-state index in [1.54, 1.807) is 13.1 Å². The minimum absolute atomic E-state index is 0.0419. The highest BCUT2D eigenvalue weighted by molar-refractivity contribution is 5.89. The number of nitrogens with one attached hydrogen (secondary N) is 2. The number of hydrogen-bond donors (Lipinski definition) is 2. The molecule has 0 aliphatic carbocycles. The van der Waals surface area contributed by atoms with Crippen LogP contribution in [0.3, 0.4) is 0 Å². The van der Waals surface area contributed by atoms with Gasteiger partial charge in [-0.15, -0.1) is 0 Å². The van der Waals surface area contributed by atoms with Crippen molar-refractivity contribution in [3.63, 3.8) is 0 Å². The van der Waals surface area contributed by atoms with Gasteiger partial charge in [0.1, 0.15) is 11.6 Å². The summed E-state index contributed by atoms with van der Waals surface area (Å²) in [6.45, 7) is 3.10. The number of urea groups is 1. The van der Waals surface area contributed by atoms with Crippen LogP contribution in [-0.4, -0.2) is 40.3 Å². The summed E-state index contributed by atoms with van der Waals surface area (Å²) in [6.07, 6.45) is 2.49. The highest BCUT2D eigenvalue weighted by atomic mass is 19.1. The van der Waals surface area contributed by atoms with Crippen LogP contribution in [0.1, 0.15) is 12.2 Å². The van der Waals surface area contributed by atoms with Crippen LogP contribution in [0.5, 0.6) is 0 Å². The quantitative estimate of drug-likeness (QED) is 0.720. The Balaban J connectivity index is 1.41. The molecule has 0 radical (unpaired) electrons. The predicted molar refractivity (Wildman–Crippen MR) is 101 cm³/mol. The fourth-order valence-corrected chi connectivity index (χ4v) is 3.18. The monoisotopic (exact) mass is 382 g/mol. The second kappa shape index (κ2) is 7.63. The van der Waals surface area contributed by atoms with Gasteiger partial charge in [-0.3, -0.25) is 0 Å². The molecule has 2 aromatic heterocycles. The molecular formula is C19H19FN6O2. The number of pyridine rings is 1. The lowest BCUT2D eigenvalue weighted by Gasteiger charge is -2.19. The zero-order chi connectivity index (χ0) is 19.5. The molecule has 0 spiro atoms. The minimum atomic E-state index is -0.347. The fraction of sp³-hybridized carbons (Fsp3) is 0.263. The minimum Gasteiger partial charge on any atom is -0.354 e. The van der Waals surface area contributed by atoms with E-state index in [0.29, 0.717) is 23.9 Å². The van der Waals surface area contributed by atoms with Gasteiger partial charge in [-0.05, 0) is 49.7 Å². The Bertz CT molecular complexity index is 975. The molecule has 1 aliphatic heterocycles. The first-order valence-corrected chi connectivity index (χ1v) is 8.92. The summed E-state index contributed by atoms with van der Waals surface area (Å²) in [5.41, 5.74) is 1.30. The predicted octanol–water partition coefficient (Wildman–Crippen LogP) is 2.98. The summed E-state index contributed by atoms with van der Waals surface area (Å²) in [5.74, 6) is 1.38. The highest BCUT2D eigenvalue weighted by Crippen LogP contribution is 2.29. The summed E-state index contributed by atoms with van der Waals surface area (Å²) in [5, 5.41) is 9.49. The Labute approximate surface area is 160 Å². The maximum atomic E-state index is 13.0. The average Bonchev–Trinajstić information content (AvgIpc) is 3.33. The number of carbonyl (C=O) groups is 1. The van der Waals surface area contributed by atoms with E-state index < -0.39 is 0 Å². The van der Waals surface area contributed by atoms with E-state index in [4.69, 9.17) is 4.52 Å². The molecule has 28 heavy (non-hydrogen) atoms. The molecule has 1 fully saturated rings. The molecule has 8 nitrogen and oxygen atoms in total. The van der Waals surface area contributed by atoms with E-state index in [9.17, 15) is 9.18 Å². The third-order valence-corrected chi connectivity index (χ3v) is 4.47. The summed E-state index contributed by atoms with van der Waals surface area (Å²) >= 11 is 0. The van der Waals surface area contributed by atoms with Crippen LogP contribution < -0.4 is 15.5 Å². The molecule has 0 unspecified atom stereocenters. The van der Waals surface area contributed by atoms with E-state index in [-0.39, 0.29) is 17.9 Å². The Kier molecular flexibility index (Phi) is 4.88. The van der Waals surface area contributed by atoms with Crippen LogP contribution in [0.25, 0.3) is 11.5 Å². The number of anilines is 2. The summed E-state index contributed by atoms with van der Waals surface area (Å²) in [4.78, 5) is 23.0. The Morgan fingerprint density at radius 2 is 2.11 bits per heavy atom. The Hall–Kier alpha value is -3.49. The number of carbonyl (C=O) groups excluding carboxylic acids is 1. The number of halogens is 1. The van der Waals surface area contributed by atoms with Crippen molar-refractivity contribution in [3.05, 3.63) is 54.2 Å². The molecule has 0 bridgehead atoms. The van der Waals surface area contributed by atoms with Gasteiger partial charge in [-0.25, -0.2) is 14.2 Å². The second-order valence-corrected chi connectivity index (χ2v) is 6.56. The standard InChI is InChI=1S/C19H19FN6O2/c1-12-22-18(28-25-12)16-3-2-9-21-17(16)26-10-8-15(11-26)24-19(27)23-14-6-4-13(20)5-7-14/h2-7,9,15H,8,10-11H2,1H3,(H2,23,24,27)/t15-/m0/s1. The number of aromatic nitrogens is 3. The van der Waals surface area contributed by atoms with Crippen LogP contribution in [0.4, 0.5) is 20.7 Å². The summed E-state index contributed by atoms with van der Waals surface area (Å²) in [7, 11) is 0. The lowest BCUT2D eigenvalue weighted by Crippen LogP contribution is -2.39. The van der Waals surface area contributed by atoms with Crippen molar-refractivity contribution in [1.82, 2.24) is 20.4 Å². The van der Waals surface area contributed by atoms with Crippen molar-refractivity contribution >= 4 is 17.5 Å². The molecule has 1 atom stereocenters. The van der Waals surface area contributed by atoms with Crippen LogP contribution in [-0.2, 0) is 0 Å². The zero-order valence-electron chi connectivity index (χ0n) is 15.2. The van der Waals surface area contributed by atoms with Crippen molar-refractivity contribution in [1.29, 1.82) is 0 Å². The number of aryl methyl sites for hydroxylation is 1. The van der Waals surface area contributed by atoms with Gasteiger partial charge in [0.25, 0.3) is 5.89 Å². The molecule has 1 aromatic carbocycles. The maximum Gasteiger partial charge on any atom is 0.319 e. The normalized spacial score (nSPS) is 16.2. The van der Waals surface area contributed by atoms with E-state index in [2.05, 4.69) is 30.7 Å². The smallest absolute Gasteiger partial charge is 0.319 e. The van der Waals surface area contributed by atoms with Gasteiger partial charge in [0.2, 0.25) is 0 Å². The lowest BCUT2D eigenvalue weighted by atomic mass is 10.2. The second-order valence-electron chi connectivity index (χ2n) is 6.56. The molecule has 2 amide bonds. The number of hydrogen-bond acceptors (Lipinski definition) is 6. The molecule has 1 aliphatic rings. The topological polar surface area (TPSA) is 96.2 Å². The van der Waals surface area contributed by atoms with Crippen molar-refractivity contribution in [2.24, 2.45) is 0 Å². The molecule has 9 heteroatoms. The highest BCUT2D eigenvalue weighted by Gasteiger charge is 2.27. The fourth-order valence-electron chi connectivity index (χ4n) is 3.18. The number of amides is 2. The largest absolute Gasteiger partial charge is 0.354 e. The SMILES string of the molecule is Cc1noc(-c2cccnc2N2CC[C@H](NC(=O)Nc3ccc(F)cc3)C2)n1. The van der Waals surface area contributed by atoms with Gasteiger partial charge < -0.3 is 20.1 Å². The Morgan fingerprint density at radius 3 is 2.86 bits per heavy atom. The maximum absolute atomic E-state index is 13.0. The van der Waals surface area contributed by atoms with Crippen molar-refractivity contribution in [2.45, 2.75) is 19.4 Å². The first-order valence-electron chi connectivity index (χ1n) is 8.92. The van der Waals surface area contributed by atoms with Crippen LogP contribution >= 0.6 is 0 Å². The number of benzene rings is 1. The lowest BCUT2D eigenvalue weighted by molar-refractivity contribution is 0.249. The molecule has 0 saturated carbocycles. The molecule has 4 rings (SSSR count). The molecule has 3 aromatic rings. The van der Waals surface area contributed by atoms with Crippen molar-refractivity contribution in [2.75, 3.05) is 23.3 Å². The van der Waals surface area contributed by atoms with Crippen LogP contribution in [0.15, 0.2) is 47.1 Å². The number of nitrogens with zero attached hydrogens (tertiary/aromatic N) is 4. The third-order valence-electron chi connectivity index (χ3n) is 4.47. The molecular weight excluding hydrogens is 363 g/mol. The molecule has 144 valence electrons. The zero-order valence-corrected chi connectivity index (χ0v) is 15.2. The van der Waals surface area contributed by atoms with Crippen molar-refractivity contribution < 1.29 is 13.7 Å². The third kappa shape index (κ3) is 3.93. The molecule has 1 saturated heterocycles. The van der Waals surface area contributed by atoms with Gasteiger partial charge in [-0.1, -0.05) is 5.16 Å². The van der Waals surface area contributed by atoms with Gasteiger partial charge in [-0.2, -0.15) is 4.98 Å². The average molecular weight is 382 g/mol. The van der Waals surface area contributed by atoms with E-state index >= 15 is 0 Å². The van der Waals surface area contributed by atoms with E-state index in [1.165, 1.54) is 24.3 Å². The van der Waals surface area contributed by atoms with E-state index in [0.717, 1.165) is 24.3 Å². The first kappa shape index (κ1) is 17.9.